The summed E-state index contributed by atoms with van der Waals surface area (Å²) in [6.07, 6.45) is 1.73. The monoisotopic (exact) mass is 718 g/mol. The van der Waals surface area contributed by atoms with Crippen LogP contribution in [0.5, 0.6) is 0 Å². The molecule has 15 heteroatoms. The van der Waals surface area contributed by atoms with Gasteiger partial charge in [-0.1, -0.05) is 19.8 Å². The van der Waals surface area contributed by atoms with E-state index in [9.17, 15) is 28.8 Å². The minimum Gasteiger partial charge on any atom is -0.462 e. The molecule has 2 aromatic carbocycles. The van der Waals surface area contributed by atoms with Crippen molar-refractivity contribution >= 4 is 79.3 Å². The van der Waals surface area contributed by atoms with Crippen LogP contribution in [0.25, 0.3) is 10.8 Å². The number of carbonyl (C=O) groups excluding carboxylic acids is 6. The number of carbonyl (C=O) groups is 6. The molecule has 4 heterocycles. The van der Waals surface area contributed by atoms with E-state index in [1.807, 2.05) is 13.8 Å². The van der Waals surface area contributed by atoms with Crippen LogP contribution in [-0.2, 0) is 36.6 Å². The number of hydrogen-bond acceptors (Lipinski definition) is 13. The molecule has 2 aliphatic heterocycles. The first-order valence-electron chi connectivity index (χ1n) is 16.2. The number of amides is 4. The van der Waals surface area contributed by atoms with Crippen molar-refractivity contribution < 1.29 is 43.0 Å². The molecule has 0 spiro atoms. The van der Waals surface area contributed by atoms with Crippen LogP contribution in [0.3, 0.4) is 0 Å². The van der Waals surface area contributed by atoms with E-state index in [0.29, 0.717) is 18.0 Å². The molecule has 0 aliphatic carbocycles. The maximum absolute atomic E-state index is 13.8. The van der Waals surface area contributed by atoms with E-state index < -0.39 is 41.7 Å². The van der Waals surface area contributed by atoms with Crippen molar-refractivity contribution in [3.63, 3.8) is 0 Å². The third kappa shape index (κ3) is 6.67. The van der Waals surface area contributed by atoms with Gasteiger partial charge in [0.2, 0.25) is 0 Å². The van der Waals surface area contributed by atoms with Crippen LogP contribution < -0.4 is 9.80 Å². The number of unbranched alkanes of at least 4 members (excludes halogenated alkanes) is 1. The molecule has 2 unspecified atom stereocenters. The summed E-state index contributed by atoms with van der Waals surface area (Å²) in [7, 11) is 0. The zero-order chi connectivity index (χ0) is 35.7. The molecular weight excluding hydrogens is 685 g/mol. The molecule has 0 saturated heterocycles. The molecule has 50 heavy (non-hydrogen) atoms. The third-order valence-electron chi connectivity index (χ3n) is 8.19. The first-order valence-corrected chi connectivity index (χ1v) is 18.0. The Hall–Kier alpha value is -4.86. The van der Waals surface area contributed by atoms with Gasteiger partial charge in [0.15, 0.2) is 10.3 Å². The summed E-state index contributed by atoms with van der Waals surface area (Å²) in [6, 6.07) is 5.81. The van der Waals surface area contributed by atoms with Gasteiger partial charge in [0.05, 0.1) is 36.9 Å². The molecule has 0 saturated carbocycles. The minimum absolute atomic E-state index is 0.0708. The van der Waals surface area contributed by atoms with Gasteiger partial charge in [0.1, 0.15) is 6.10 Å². The zero-order valence-corrected chi connectivity index (χ0v) is 29.5. The van der Waals surface area contributed by atoms with Crippen LogP contribution in [0.15, 0.2) is 35.0 Å². The number of hydrogen-bond donors (Lipinski definition) is 0. The minimum atomic E-state index is -0.678. The van der Waals surface area contributed by atoms with Gasteiger partial charge in [-0.2, -0.15) is 0 Å². The largest absolute Gasteiger partial charge is 0.462 e. The second-order valence-electron chi connectivity index (χ2n) is 12.0. The number of aromatic nitrogens is 2. The topological polar surface area (TPSA) is 162 Å². The highest BCUT2D eigenvalue weighted by Gasteiger charge is 2.42. The Kier molecular flexibility index (Phi) is 10.2. The third-order valence-corrected chi connectivity index (χ3v) is 9.94. The Labute approximate surface area is 295 Å². The second-order valence-corrected chi connectivity index (χ2v) is 13.6. The first-order chi connectivity index (χ1) is 24.0. The van der Waals surface area contributed by atoms with Crippen LogP contribution >= 0.6 is 22.7 Å². The summed E-state index contributed by atoms with van der Waals surface area (Å²) in [5.74, 6) is -3.67. The van der Waals surface area contributed by atoms with Crippen molar-refractivity contribution in [1.82, 2.24) is 9.97 Å². The zero-order valence-electron chi connectivity index (χ0n) is 27.8. The molecule has 0 radical (unpaired) electrons. The molecule has 0 N–H and O–H groups in total. The number of rotatable bonds is 14. The molecule has 4 aromatic rings. The molecule has 2 aliphatic rings. The van der Waals surface area contributed by atoms with E-state index >= 15 is 0 Å². The van der Waals surface area contributed by atoms with E-state index in [1.54, 1.807) is 17.7 Å². The Morgan fingerprint density at radius 2 is 1.12 bits per heavy atom. The fourth-order valence-corrected chi connectivity index (χ4v) is 7.52. The average Bonchev–Trinajstić information content (AvgIpc) is 3.73. The SMILES string of the molecule is CCCCC(C)OC(=O)Cc1csc(N2C(=O)c3ccc4c5c(ccc(c35)C2=O)C(=O)N(c2nc(CC(=O)OC(C)COCC)cs2)C4=O)n1. The molecule has 0 bridgehead atoms. The first kappa shape index (κ1) is 35.0. The second kappa shape index (κ2) is 14.5. The summed E-state index contributed by atoms with van der Waals surface area (Å²) in [4.78, 5) is 90.8. The lowest BCUT2D eigenvalue weighted by atomic mass is 9.86. The number of benzene rings is 2. The average molecular weight is 719 g/mol. The van der Waals surface area contributed by atoms with Crippen LogP contribution in [0, 0.1) is 0 Å². The summed E-state index contributed by atoms with van der Waals surface area (Å²) in [5, 5.41) is 3.75. The van der Waals surface area contributed by atoms with Gasteiger partial charge < -0.3 is 14.2 Å². The van der Waals surface area contributed by atoms with Gasteiger partial charge in [0, 0.05) is 50.4 Å². The number of thiazole rings is 2. The summed E-state index contributed by atoms with van der Waals surface area (Å²) < 4.78 is 16.1. The Morgan fingerprint density at radius 3 is 1.52 bits per heavy atom. The number of esters is 2. The lowest BCUT2D eigenvalue weighted by Crippen LogP contribution is -2.43. The molecule has 4 amide bonds. The van der Waals surface area contributed by atoms with Crippen LogP contribution in [0.2, 0.25) is 0 Å². The fourth-order valence-electron chi connectivity index (χ4n) is 5.88. The Balaban J connectivity index is 1.23. The number of anilines is 2. The highest BCUT2D eigenvalue weighted by atomic mass is 32.1. The molecule has 6 rings (SSSR count). The van der Waals surface area contributed by atoms with E-state index in [-0.39, 0.29) is 68.8 Å². The van der Waals surface area contributed by atoms with Crippen LogP contribution in [-0.4, -0.2) is 71.0 Å². The van der Waals surface area contributed by atoms with Crippen LogP contribution in [0.4, 0.5) is 10.3 Å². The van der Waals surface area contributed by atoms with E-state index in [4.69, 9.17) is 14.2 Å². The van der Waals surface area contributed by atoms with Gasteiger partial charge in [-0.25, -0.2) is 19.8 Å². The molecule has 0 fully saturated rings. The molecule has 2 aromatic heterocycles. The molecule has 2 atom stereocenters. The lowest BCUT2D eigenvalue weighted by Gasteiger charge is -2.30. The van der Waals surface area contributed by atoms with Crippen molar-refractivity contribution in [2.24, 2.45) is 0 Å². The van der Waals surface area contributed by atoms with Gasteiger partial charge in [-0.15, -0.1) is 22.7 Å². The van der Waals surface area contributed by atoms with Gasteiger partial charge in [-0.05, 0) is 51.5 Å². The predicted octanol–water partition coefficient (Wildman–Crippen LogP) is 5.53. The summed E-state index contributed by atoms with van der Waals surface area (Å²) in [6.45, 7) is 8.19. The normalized spacial score (nSPS) is 15.1. The van der Waals surface area contributed by atoms with Gasteiger partial charge in [0.25, 0.3) is 23.6 Å². The van der Waals surface area contributed by atoms with E-state index in [0.717, 1.165) is 51.7 Å². The van der Waals surface area contributed by atoms with Gasteiger partial charge >= 0.3 is 11.9 Å². The van der Waals surface area contributed by atoms with E-state index in [2.05, 4.69) is 16.9 Å². The number of imide groups is 2. The van der Waals surface area contributed by atoms with Crippen LogP contribution in [0.1, 0.15) is 99.8 Å². The lowest BCUT2D eigenvalue weighted by molar-refractivity contribution is -0.150. The van der Waals surface area contributed by atoms with Gasteiger partial charge in [-0.3, -0.25) is 28.8 Å². The molecule has 13 nitrogen and oxygen atoms in total. The Bertz CT molecular complexity index is 1820. The highest BCUT2D eigenvalue weighted by Crippen LogP contribution is 2.41. The summed E-state index contributed by atoms with van der Waals surface area (Å²) >= 11 is 2.07. The molecular formula is C35H34N4O9S2. The Morgan fingerprint density at radius 1 is 0.700 bits per heavy atom. The smallest absolute Gasteiger partial charge is 0.312 e. The van der Waals surface area contributed by atoms with Crippen molar-refractivity contribution in [2.75, 3.05) is 23.0 Å². The quantitative estimate of drug-likeness (QED) is 0.119. The van der Waals surface area contributed by atoms with Crippen molar-refractivity contribution in [2.45, 2.75) is 72.0 Å². The van der Waals surface area contributed by atoms with E-state index in [1.165, 1.54) is 24.3 Å². The maximum Gasteiger partial charge on any atom is 0.312 e. The maximum atomic E-state index is 13.8. The van der Waals surface area contributed by atoms with Crippen molar-refractivity contribution in [3.05, 3.63) is 68.7 Å². The highest BCUT2D eigenvalue weighted by molar-refractivity contribution is 7.14. The van der Waals surface area contributed by atoms with Crippen molar-refractivity contribution in [3.8, 4) is 0 Å². The molecule has 260 valence electrons. The standard InChI is InChI=1S/C35H34N4O9S2/c1-5-7-8-18(3)47-26(40)13-20-16-49-34(36-20)38-30(42)22-9-11-24-29-25(12-10-23(28(22)29)31(38)43)33(45)39(32(24)44)35-37-21(17-50-35)14-27(41)48-19(4)15-46-6-2/h9-12,16-19H,5-8,13-15H2,1-4H3. The number of nitrogens with zero attached hydrogens (tertiary/aromatic N) is 4. The fraction of sp³-hybridized carbons (Fsp3) is 0.371. The number of ether oxygens (including phenoxy) is 3. The predicted molar refractivity (Wildman–Crippen MR) is 185 cm³/mol. The summed E-state index contributed by atoms with van der Waals surface area (Å²) in [5.41, 5.74) is 1.20. The van der Waals surface area contributed by atoms with Crippen molar-refractivity contribution in [1.29, 1.82) is 0 Å².